The second-order valence-corrected chi connectivity index (χ2v) is 3.38. The Balaban J connectivity index is 3.00. The van der Waals surface area contributed by atoms with Crippen LogP contribution >= 0.6 is 15.9 Å². The summed E-state index contributed by atoms with van der Waals surface area (Å²) in [6.45, 7) is 0. The molecular weight excluding hydrogens is 258 g/mol. The fourth-order valence-corrected chi connectivity index (χ4v) is 1.32. The molecule has 0 aliphatic rings. The molecule has 14 heavy (non-hydrogen) atoms. The minimum Gasteiger partial charge on any atom is -0.469 e. The third-order valence-corrected chi connectivity index (χ3v) is 2.40. The van der Waals surface area contributed by atoms with Crippen LogP contribution in [0.15, 0.2) is 16.6 Å². The van der Waals surface area contributed by atoms with E-state index in [1.807, 2.05) is 0 Å². The van der Waals surface area contributed by atoms with Gasteiger partial charge in [-0.05, 0) is 22.0 Å². The Bertz CT molecular complexity index is 366. The van der Waals surface area contributed by atoms with E-state index in [0.29, 0.717) is 0 Å². The van der Waals surface area contributed by atoms with Gasteiger partial charge in [-0.1, -0.05) is 6.07 Å². The number of hydrogen-bond donors (Lipinski definition) is 0. The van der Waals surface area contributed by atoms with E-state index in [1.54, 1.807) is 0 Å². The van der Waals surface area contributed by atoms with Gasteiger partial charge in [-0.3, -0.25) is 4.79 Å². The molecule has 2 nitrogen and oxygen atoms in total. The normalized spacial score (nSPS) is 10.0. The van der Waals surface area contributed by atoms with Gasteiger partial charge in [0, 0.05) is 5.56 Å². The Kier molecular flexibility index (Phi) is 3.57. The second-order valence-electron chi connectivity index (χ2n) is 2.59. The first-order valence-corrected chi connectivity index (χ1v) is 4.54. The van der Waals surface area contributed by atoms with Gasteiger partial charge in [0.25, 0.3) is 0 Å². The highest BCUT2D eigenvalue weighted by Crippen LogP contribution is 2.22. The van der Waals surface area contributed by atoms with Gasteiger partial charge >= 0.3 is 5.97 Å². The number of methoxy groups -OCH3 is 1. The maximum absolute atomic E-state index is 13.3. The summed E-state index contributed by atoms with van der Waals surface area (Å²) < 4.78 is 30.1. The zero-order valence-corrected chi connectivity index (χ0v) is 8.90. The van der Waals surface area contributed by atoms with Crippen LogP contribution < -0.4 is 0 Å². The lowest BCUT2D eigenvalue weighted by Crippen LogP contribution is -2.06. The summed E-state index contributed by atoms with van der Waals surface area (Å²) in [5.41, 5.74) is 0.102. The highest BCUT2D eigenvalue weighted by atomic mass is 79.9. The standard InChI is InChI=1S/C9H7BrF2O2/c1-14-7(13)4-5-2-3-6(11)8(10)9(5)12/h2-3H,4H2,1H3. The molecule has 0 saturated heterocycles. The zero-order chi connectivity index (χ0) is 10.7. The first-order chi connectivity index (χ1) is 6.56. The SMILES string of the molecule is COC(=O)Cc1ccc(F)c(Br)c1F. The Labute approximate surface area is 88.0 Å². The van der Waals surface area contributed by atoms with Gasteiger partial charge in [0.05, 0.1) is 18.0 Å². The van der Waals surface area contributed by atoms with Gasteiger partial charge in [-0.15, -0.1) is 0 Å². The van der Waals surface area contributed by atoms with Crippen molar-refractivity contribution in [3.8, 4) is 0 Å². The fourth-order valence-electron chi connectivity index (χ4n) is 0.930. The summed E-state index contributed by atoms with van der Waals surface area (Å²) in [5.74, 6) is -2.03. The minimum absolute atomic E-state index is 0.102. The van der Waals surface area contributed by atoms with Crippen molar-refractivity contribution in [2.75, 3.05) is 7.11 Å². The zero-order valence-electron chi connectivity index (χ0n) is 7.31. The lowest BCUT2D eigenvalue weighted by atomic mass is 10.1. The topological polar surface area (TPSA) is 26.3 Å². The molecule has 1 aromatic rings. The molecule has 0 radical (unpaired) electrons. The van der Waals surface area contributed by atoms with E-state index < -0.39 is 17.6 Å². The molecule has 0 saturated carbocycles. The lowest BCUT2D eigenvalue weighted by molar-refractivity contribution is -0.139. The van der Waals surface area contributed by atoms with Crippen LogP contribution in [0, 0.1) is 11.6 Å². The number of benzene rings is 1. The van der Waals surface area contributed by atoms with Crippen molar-refractivity contribution in [3.63, 3.8) is 0 Å². The molecule has 0 heterocycles. The number of esters is 1. The van der Waals surface area contributed by atoms with Crippen LogP contribution in [0.4, 0.5) is 8.78 Å². The Morgan fingerprint density at radius 1 is 1.50 bits per heavy atom. The molecule has 0 aromatic heterocycles. The maximum Gasteiger partial charge on any atom is 0.310 e. The van der Waals surface area contributed by atoms with Crippen molar-refractivity contribution in [2.24, 2.45) is 0 Å². The van der Waals surface area contributed by atoms with Gasteiger partial charge < -0.3 is 4.74 Å². The number of carbonyl (C=O) groups is 1. The Morgan fingerprint density at radius 2 is 2.14 bits per heavy atom. The van der Waals surface area contributed by atoms with Crippen LogP contribution in [0.1, 0.15) is 5.56 Å². The van der Waals surface area contributed by atoms with Crippen LogP contribution in [0.3, 0.4) is 0 Å². The molecule has 1 aromatic carbocycles. The number of halogens is 3. The van der Waals surface area contributed by atoms with Crippen molar-refractivity contribution in [1.29, 1.82) is 0 Å². The average Bonchev–Trinajstić information content (AvgIpc) is 2.19. The average molecular weight is 265 g/mol. The van der Waals surface area contributed by atoms with Crippen molar-refractivity contribution in [3.05, 3.63) is 33.8 Å². The molecule has 0 amide bonds. The summed E-state index contributed by atoms with van der Waals surface area (Å²) in [5, 5.41) is 0. The molecule has 0 aliphatic carbocycles. The molecule has 0 bridgehead atoms. The van der Waals surface area contributed by atoms with Crippen LogP contribution in [0.25, 0.3) is 0 Å². The van der Waals surface area contributed by atoms with E-state index in [-0.39, 0.29) is 16.5 Å². The number of carbonyl (C=O) groups excluding carboxylic acids is 1. The molecule has 0 atom stereocenters. The van der Waals surface area contributed by atoms with Gasteiger partial charge in [0.15, 0.2) is 0 Å². The molecule has 76 valence electrons. The molecule has 1 rings (SSSR count). The van der Waals surface area contributed by atoms with Gasteiger partial charge in [-0.2, -0.15) is 0 Å². The summed E-state index contributed by atoms with van der Waals surface area (Å²) >= 11 is 2.74. The van der Waals surface area contributed by atoms with E-state index in [4.69, 9.17) is 0 Å². The Hall–Kier alpha value is -0.970. The third-order valence-electron chi connectivity index (χ3n) is 1.68. The third kappa shape index (κ3) is 2.29. The summed E-state index contributed by atoms with van der Waals surface area (Å²) in [6, 6.07) is 2.30. The molecule has 0 fully saturated rings. The van der Waals surface area contributed by atoms with Crippen molar-refractivity contribution in [2.45, 2.75) is 6.42 Å². The molecule has 0 spiro atoms. The van der Waals surface area contributed by atoms with Gasteiger partial charge in [0.1, 0.15) is 11.6 Å². The predicted octanol–water partition coefficient (Wildman–Crippen LogP) is 2.44. The minimum atomic E-state index is -0.768. The largest absolute Gasteiger partial charge is 0.469 e. The number of hydrogen-bond acceptors (Lipinski definition) is 2. The smallest absolute Gasteiger partial charge is 0.310 e. The van der Waals surface area contributed by atoms with Crippen LogP contribution in [-0.4, -0.2) is 13.1 Å². The van der Waals surface area contributed by atoms with E-state index in [0.717, 1.165) is 6.07 Å². The molecular formula is C9H7BrF2O2. The quantitative estimate of drug-likeness (QED) is 0.606. The van der Waals surface area contributed by atoms with Crippen molar-refractivity contribution < 1.29 is 18.3 Å². The van der Waals surface area contributed by atoms with E-state index >= 15 is 0 Å². The van der Waals surface area contributed by atoms with E-state index in [9.17, 15) is 13.6 Å². The lowest BCUT2D eigenvalue weighted by Gasteiger charge is -2.03. The van der Waals surface area contributed by atoms with E-state index in [2.05, 4.69) is 20.7 Å². The van der Waals surface area contributed by atoms with Gasteiger partial charge in [-0.25, -0.2) is 8.78 Å². The summed E-state index contributed by atoms with van der Waals surface area (Å²) in [4.78, 5) is 10.8. The van der Waals surface area contributed by atoms with Crippen LogP contribution in [0.5, 0.6) is 0 Å². The first-order valence-electron chi connectivity index (χ1n) is 3.75. The summed E-state index contributed by atoms with van der Waals surface area (Å²) in [7, 11) is 1.21. The number of ether oxygens (including phenoxy) is 1. The highest BCUT2D eigenvalue weighted by Gasteiger charge is 2.13. The maximum atomic E-state index is 13.3. The molecule has 5 heteroatoms. The second kappa shape index (κ2) is 4.50. The first kappa shape index (κ1) is 11.1. The van der Waals surface area contributed by atoms with Crippen LogP contribution in [0.2, 0.25) is 0 Å². The monoisotopic (exact) mass is 264 g/mol. The fraction of sp³-hybridized carbons (Fsp3) is 0.222. The summed E-state index contributed by atoms with van der Waals surface area (Å²) in [6.07, 6.45) is -0.207. The van der Waals surface area contributed by atoms with E-state index in [1.165, 1.54) is 13.2 Å². The van der Waals surface area contributed by atoms with Gasteiger partial charge in [0.2, 0.25) is 0 Å². The molecule has 0 aliphatic heterocycles. The Morgan fingerprint density at radius 3 is 2.71 bits per heavy atom. The highest BCUT2D eigenvalue weighted by molar-refractivity contribution is 9.10. The number of rotatable bonds is 2. The molecule has 0 N–H and O–H groups in total. The van der Waals surface area contributed by atoms with Crippen LogP contribution in [-0.2, 0) is 16.0 Å². The van der Waals surface area contributed by atoms with Crippen molar-refractivity contribution >= 4 is 21.9 Å². The molecule has 0 unspecified atom stereocenters. The predicted molar refractivity (Wildman–Crippen MR) is 49.8 cm³/mol. The van der Waals surface area contributed by atoms with Crippen molar-refractivity contribution in [1.82, 2.24) is 0 Å².